The van der Waals surface area contributed by atoms with Crippen LogP contribution in [-0.4, -0.2) is 41.4 Å². The fraction of sp³-hybridized carbons (Fsp3) is 0.846. The van der Waals surface area contributed by atoms with E-state index >= 15 is 0 Å². The van der Waals surface area contributed by atoms with Crippen LogP contribution in [0, 0.1) is 0 Å². The van der Waals surface area contributed by atoms with Gasteiger partial charge in [0, 0.05) is 12.6 Å². The summed E-state index contributed by atoms with van der Waals surface area (Å²) in [4.78, 5) is 23.1. The molecule has 0 bridgehead atoms. The van der Waals surface area contributed by atoms with Gasteiger partial charge in [-0.05, 0) is 32.6 Å². The van der Waals surface area contributed by atoms with Crippen molar-refractivity contribution < 1.29 is 19.4 Å². The molecule has 0 aliphatic heterocycles. The minimum absolute atomic E-state index is 0.0803. The first-order valence-electron chi connectivity index (χ1n) is 6.91. The molecule has 6 heteroatoms. The molecule has 2 amide bonds. The summed E-state index contributed by atoms with van der Waals surface area (Å²) in [7, 11) is 0. The molecule has 0 aromatic carbocycles. The van der Waals surface area contributed by atoms with Crippen molar-refractivity contribution in [3.63, 3.8) is 0 Å². The maximum atomic E-state index is 11.8. The zero-order valence-corrected chi connectivity index (χ0v) is 11.9. The maximum Gasteiger partial charge on any atom is 0.329 e. The van der Waals surface area contributed by atoms with E-state index in [2.05, 4.69) is 10.6 Å². The molecule has 0 heterocycles. The van der Waals surface area contributed by atoms with Gasteiger partial charge in [0.2, 0.25) is 0 Å². The number of carboxylic acids is 1. The Kier molecular flexibility index (Phi) is 5.60. The number of hydrogen-bond donors (Lipinski definition) is 3. The fourth-order valence-electron chi connectivity index (χ4n) is 2.28. The number of carboxylic acid groups (broad SMARTS) is 1. The number of carbonyl (C=O) groups excluding carboxylic acids is 1. The van der Waals surface area contributed by atoms with Gasteiger partial charge < -0.3 is 20.5 Å². The Bertz CT molecular complexity index is 323. The number of urea groups is 1. The lowest BCUT2D eigenvalue weighted by molar-refractivity contribution is -0.144. The van der Waals surface area contributed by atoms with Crippen molar-refractivity contribution in [2.24, 2.45) is 0 Å². The number of carbonyl (C=O) groups is 2. The minimum Gasteiger partial charge on any atom is -0.480 e. The summed E-state index contributed by atoms with van der Waals surface area (Å²) < 4.78 is 5.41. The highest BCUT2D eigenvalue weighted by molar-refractivity contribution is 5.86. The molecule has 0 aromatic rings. The zero-order valence-electron chi connectivity index (χ0n) is 11.9. The van der Waals surface area contributed by atoms with Gasteiger partial charge in [-0.15, -0.1) is 0 Å². The highest BCUT2D eigenvalue weighted by atomic mass is 16.5. The summed E-state index contributed by atoms with van der Waals surface area (Å²) >= 11 is 0. The monoisotopic (exact) mass is 272 g/mol. The van der Waals surface area contributed by atoms with Gasteiger partial charge >= 0.3 is 12.0 Å². The average molecular weight is 272 g/mol. The Morgan fingerprint density at radius 2 is 1.84 bits per heavy atom. The molecule has 0 saturated heterocycles. The first kappa shape index (κ1) is 15.8. The topological polar surface area (TPSA) is 87.7 Å². The molecule has 1 aliphatic carbocycles. The van der Waals surface area contributed by atoms with Crippen LogP contribution in [0.15, 0.2) is 0 Å². The van der Waals surface area contributed by atoms with E-state index in [0.717, 1.165) is 12.8 Å². The van der Waals surface area contributed by atoms with E-state index in [9.17, 15) is 14.7 Å². The molecule has 1 fully saturated rings. The van der Waals surface area contributed by atoms with Gasteiger partial charge in [-0.1, -0.05) is 13.8 Å². The second-order valence-electron chi connectivity index (χ2n) is 4.94. The predicted octanol–water partition coefficient (Wildman–Crippen LogP) is 1.50. The molecule has 0 atom stereocenters. The lowest BCUT2D eigenvalue weighted by atomic mass is 9.89. The van der Waals surface area contributed by atoms with Crippen LogP contribution in [0.1, 0.15) is 46.5 Å². The zero-order chi connectivity index (χ0) is 14.5. The predicted molar refractivity (Wildman–Crippen MR) is 71.1 cm³/mol. The number of ether oxygens (including phenoxy) is 1. The van der Waals surface area contributed by atoms with Gasteiger partial charge in [0.05, 0.1) is 6.10 Å². The van der Waals surface area contributed by atoms with Crippen LogP contribution in [0.5, 0.6) is 0 Å². The van der Waals surface area contributed by atoms with Gasteiger partial charge in [0.15, 0.2) is 0 Å². The number of rotatable bonds is 7. The first-order chi connectivity index (χ1) is 8.97. The van der Waals surface area contributed by atoms with Crippen molar-refractivity contribution in [1.82, 2.24) is 10.6 Å². The summed E-state index contributed by atoms with van der Waals surface area (Å²) in [6, 6.07) is -0.331. The highest BCUT2D eigenvalue weighted by Crippen LogP contribution is 2.23. The fourth-order valence-corrected chi connectivity index (χ4v) is 2.28. The molecule has 1 saturated carbocycles. The van der Waals surface area contributed by atoms with Crippen LogP contribution in [-0.2, 0) is 9.53 Å². The van der Waals surface area contributed by atoms with E-state index < -0.39 is 17.5 Å². The standard InChI is InChI=1S/C13H24N2O4/c1-4-13(5-2,11(16)17)15-12(18)14-9-7-10(8-9)19-6-3/h9-10H,4-8H2,1-3H3,(H,16,17)(H2,14,15,18). The molecule has 0 aromatic heterocycles. The van der Waals surface area contributed by atoms with E-state index in [-0.39, 0.29) is 12.1 Å². The Balaban J connectivity index is 2.41. The van der Waals surface area contributed by atoms with Crippen LogP contribution in [0.4, 0.5) is 4.79 Å². The third-order valence-corrected chi connectivity index (χ3v) is 3.80. The molecule has 6 nitrogen and oxygen atoms in total. The Hall–Kier alpha value is -1.30. The van der Waals surface area contributed by atoms with Crippen molar-refractivity contribution in [1.29, 1.82) is 0 Å². The van der Waals surface area contributed by atoms with E-state index in [1.54, 1.807) is 13.8 Å². The highest BCUT2D eigenvalue weighted by Gasteiger charge is 2.38. The van der Waals surface area contributed by atoms with E-state index in [0.29, 0.717) is 19.4 Å². The quantitative estimate of drug-likeness (QED) is 0.655. The lowest BCUT2D eigenvalue weighted by Crippen LogP contribution is -2.59. The molecule has 0 spiro atoms. The summed E-state index contributed by atoms with van der Waals surface area (Å²) in [6.45, 7) is 6.13. The third-order valence-electron chi connectivity index (χ3n) is 3.80. The summed E-state index contributed by atoms with van der Waals surface area (Å²) in [5, 5.41) is 14.6. The second-order valence-corrected chi connectivity index (χ2v) is 4.94. The average Bonchev–Trinajstić information content (AvgIpc) is 2.33. The molecule has 3 N–H and O–H groups in total. The first-order valence-corrected chi connectivity index (χ1v) is 6.91. The number of amides is 2. The van der Waals surface area contributed by atoms with Crippen molar-refractivity contribution >= 4 is 12.0 Å². The van der Waals surface area contributed by atoms with Gasteiger partial charge in [0.25, 0.3) is 0 Å². The summed E-state index contributed by atoms with van der Waals surface area (Å²) in [6.07, 6.45) is 2.52. The Morgan fingerprint density at radius 1 is 1.26 bits per heavy atom. The Labute approximate surface area is 113 Å². The number of nitrogens with one attached hydrogen (secondary N) is 2. The van der Waals surface area contributed by atoms with Crippen molar-refractivity contribution in [2.75, 3.05) is 6.61 Å². The third kappa shape index (κ3) is 3.83. The normalized spacial score (nSPS) is 22.5. The lowest BCUT2D eigenvalue weighted by Gasteiger charge is -2.36. The smallest absolute Gasteiger partial charge is 0.329 e. The molecular formula is C13H24N2O4. The van der Waals surface area contributed by atoms with Crippen molar-refractivity contribution in [3.05, 3.63) is 0 Å². The van der Waals surface area contributed by atoms with Crippen LogP contribution < -0.4 is 10.6 Å². The second kappa shape index (κ2) is 6.75. The SMILES string of the molecule is CCOC1CC(NC(=O)NC(CC)(CC)C(=O)O)C1. The number of aliphatic carboxylic acids is 1. The molecule has 19 heavy (non-hydrogen) atoms. The Morgan fingerprint density at radius 3 is 2.26 bits per heavy atom. The van der Waals surface area contributed by atoms with Gasteiger partial charge in [-0.3, -0.25) is 0 Å². The molecule has 110 valence electrons. The van der Waals surface area contributed by atoms with Crippen LogP contribution in [0.2, 0.25) is 0 Å². The summed E-state index contributed by atoms with van der Waals surface area (Å²) in [5.74, 6) is -0.992. The van der Waals surface area contributed by atoms with E-state index in [1.807, 2.05) is 6.92 Å². The summed E-state index contributed by atoms with van der Waals surface area (Å²) in [5.41, 5.74) is -1.17. The molecule has 1 aliphatic rings. The maximum absolute atomic E-state index is 11.8. The van der Waals surface area contributed by atoms with Gasteiger partial charge in [-0.25, -0.2) is 9.59 Å². The largest absolute Gasteiger partial charge is 0.480 e. The molecular weight excluding hydrogens is 248 g/mol. The van der Waals surface area contributed by atoms with E-state index in [1.165, 1.54) is 0 Å². The molecule has 0 unspecified atom stereocenters. The molecule has 1 rings (SSSR count). The number of hydrogen-bond acceptors (Lipinski definition) is 3. The van der Waals surface area contributed by atoms with Crippen molar-refractivity contribution in [2.45, 2.75) is 64.1 Å². The van der Waals surface area contributed by atoms with Crippen LogP contribution in [0.3, 0.4) is 0 Å². The van der Waals surface area contributed by atoms with Gasteiger partial charge in [0.1, 0.15) is 5.54 Å². The van der Waals surface area contributed by atoms with Gasteiger partial charge in [-0.2, -0.15) is 0 Å². The minimum atomic E-state index is -1.17. The van der Waals surface area contributed by atoms with E-state index in [4.69, 9.17) is 4.74 Å². The van der Waals surface area contributed by atoms with Crippen LogP contribution >= 0.6 is 0 Å². The molecule has 0 radical (unpaired) electrons. The van der Waals surface area contributed by atoms with Crippen molar-refractivity contribution in [3.8, 4) is 0 Å². The van der Waals surface area contributed by atoms with Crippen LogP contribution in [0.25, 0.3) is 0 Å².